The molecule has 2 N–H and O–H groups in total. The summed E-state index contributed by atoms with van der Waals surface area (Å²) in [6.45, 7) is 7.48. The van der Waals surface area contributed by atoms with Crippen molar-refractivity contribution in [2.45, 2.75) is 46.6 Å². The number of esters is 1. The molecule has 2 aromatic rings. The number of amides is 1. The standard InChI is InChI=1S/C24H27NO5S/c1-13(2)30-24(29)20-19(18-11-14(3)9-10-15(18)4)12-31-22(20)25-21(26)16-7-5-6-8-17(16)23(27)28/h5-6,9-13,16-17H,7-8H2,1-4H3,(H,25,26)(H,27,28)/t16-,17-/m0/s1. The molecule has 1 aromatic heterocycles. The van der Waals surface area contributed by atoms with Crippen LogP contribution >= 0.6 is 11.3 Å². The van der Waals surface area contributed by atoms with E-state index >= 15 is 0 Å². The normalized spacial score (nSPS) is 18.1. The summed E-state index contributed by atoms with van der Waals surface area (Å²) in [5, 5.41) is 14.5. The molecule has 2 atom stereocenters. The molecule has 0 unspecified atom stereocenters. The molecule has 3 rings (SSSR count). The third kappa shape index (κ3) is 5.05. The van der Waals surface area contributed by atoms with E-state index in [1.807, 2.05) is 43.5 Å². The lowest BCUT2D eigenvalue weighted by Crippen LogP contribution is -2.34. The van der Waals surface area contributed by atoms with E-state index in [4.69, 9.17) is 4.74 Å². The zero-order valence-electron chi connectivity index (χ0n) is 18.1. The zero-order valence-corrected chi connectivity index (χ0v) is 18.9. The van der Waals surface area contributed by atoms with Gasteiger partial charge >= 0.3 is 11.9 Å². The van der Waals surface area contributed by atoms with Gasteiger partial charge in [-0.15, -0.1) is 11.3 Å². The van der Waals surface area contributed by atoms with Gasteiger partial charge in [-0.05, 0) is 51.7 Å². The number of aliphatic carboxylic acids is 1. The molecule has 1 heterocycles. The minimum atomic E-state index is -0.994. The van der Waals surface area contributed by atoms with Crippen LogP contribution in [0.25, 0.3) is 11.1 Å². The fraction of sp³-hybridized carbons (Fsp3) is 0.375. The zero-order chi connectivity index (χ0) is 22.7. The SMILES string of the molecule is Cc1ccc(C)c(-c2csc(NC(=O)[C@H]3CC=CC[C@@H]3C(=O)O)c2C(=O)OC(C)C)c1. The first kappa shape index (κ1) is 22.7. The van der Waals surface area contributed by atoms with Crippen LogP contribution in [0.5, 0.6) is 0 Å². The molecule has 31 heavy (non-hydrogen) atoms. The molecule has 1 amide bonds. The molecular weight excluding hydrogens is 414 g/mol. The minimum absolute atomic E-state index is 0.305. The van der Waals surface area contributed by atoms with Crippen molar-refractivity contribution in [1.29, 1.82) is 0 Å². The quantitative estimate of drug-likeness (QED) is 0.475. The van der Waals surface area contributed by atoms with E-state index in [1.54, 1.807) is 19.9 Å². The van der Waals surface area contributed by atoms with Crippen molar-refractivity contribution in [3.8, 4) is 11.1 Å². The van der Waals surface area contributed by atoms with Gasteiger partial charge in [0.1, 0.15) is 10.6 Å². The number of nitrogens with one attached hydrogen (secondary N) is 1. The van der Waals surface area contributed by atoms with Crippen LogP contribution in [0.15, 0.2) is 35.7 Å². The van der Waals surface area contributed by atoms with Crippen molar-refractivity contribution >= 4 is 34.2 Å². The largest absolute Gasteiger partial charge is 0.481 e. The Bertz CT molecular complexity index is 1040. The van der Waals surface area contributed by atoms with E-state index in [-0.39, 0.29) is 6.10 Å². The van der Waals surface area contributed by atoms with Crippen molar-refractivity contribution < 1.29 is 24.2 Å². The number of hydrogen-bond acceptors (Lipinski definition) is 5. The van der Waals surface area contributed by atoms with Gasteiger partial charge in [0.25, 0.3) is 0 Å². The average Bonchev–Trinajstić information content (AvgIpc) is 3.12. The molecule has 0 spiro atoms. The maximum Gasteiger partial charge on any atom is 0.342 e. The summed E-state index contributed by atoms with van der Waals surface area (Å²) in [4.78, 5) is 37.6. The number of allylic oxidation sites excluding steroid dienone is 2. The molecule has 6 nitrogen and oxygen atoms in total. The summed E-state index contributed by atoms with van der Waals surface area (Å²) in [5.74, 6) is -3.38. The van der Waals surface area contributed by atoms with Crippen molar-refractivity contribution in [1.82, 2.24) is 0 Å². The number of carboxylic acid groups (broad SMARTS) is 1. The van der Waals surface area contributed by atoms with Crippen LogP contribution in [0.4, 0.5) is 5.00 Å². The number of aryl methyl sites for hydroxylation is 2. The van der Waals surface area contributed by atoms with Crippen molar-refractivity contribution in [2.24, 2.45) is 11.8 Å². The van der Waals surface area contributed by atoms with Gasteiger partial charge in [0.05, 0.1) is 17.9 Å². The summed E-state index contributed by atoms with van der Waals surface area (Å²) in [6, 6.07) is 5.99. The Morgan fingerprint density at radius 1 is 1.10 bits per heavy atom. The minimum Gasteiger partial charge on any atom is -0.481 e. The molecule has 0 fully saturated rings. The second kappa shape index (κ2) is 9.47. The molecule has 0 aliphatic heterocycles. The van der Waals surface area contributed by atoms with Crippen molar-refractivity contribution in [2.75, 3.05) is 5.32 Å². The Morgan fingerprint density at radius 3 is 2.42 bits per heavy atom. The van der Waals surface area contributed by atoms with E-state index in [0.29, 0.717) is 29.0 Å². The highest BCUT2D eigenvalue weighted by Gasteiger charge is 2.35. The van der Waals surface area contributed by atoms with Gasteiger partial charge in [-0.2, -0.15) is 0 Å². The summed E-state index contributed by atoms with van der Waals surface area (Å²) in [5.41, 5.74) is 3.96. The molecular formula is C24H27NO5S. The number of carboxylic acids is 1. The average molecular weight is 442 g/mol. The van der Waals surface area contributed by atoms with Crippen LogP contribution in [0.3, 0.4) is 0 Å². The number of thiophene rings is 1. The van der Waals surface area contributed by atoms with E-state index in [0.717, 1.165) is 16.7 Å². The molecule has 1 aromatic carbocycles. The number of anilines is 1. The van der Waals surface area contributed by atoms with Gasteiger partial charge in [-0.3, -0.25) is 9.59 Å². The molecule has 1 aliphatic rings. The summed E-state index contributed by atoms with van der Waals surface area (Å²) in [7, 11) is 0. The number of carbonyl (C=O) groups is 3. The van der Waals surface area contributed by atoms with Gasteiger partial charge in [-0.1, -0.05) is 35.9 Å². The van der Waals surface area contributed by atoms with E-state index < -0.39 is 29.7 Å². The van der Waals surface area contributed by atoms with Gasteiger partial charge in [0.2, 0.25) is 5.91 Å². The lowest BCUT2D eigenvalue weighted by molar-refractivity contribution is -0.146. The van der Waals surface area contributed by atoms with Crippen LogP contribution in [0, 0.1) is 25.7 Å². The summed E-state index contributed by atoms with van der Waals surface area (Å²) < 4.78 is 5.47. The number of ether oxygens (including phenoxy) is 1. The Morgan fingerprint density at radius 2 is 1.77 bits per heavy atom. The fourth-order valence-corrected chi connectivity index (χ4v) is 4.68. The predicted molar refractivity (Wildman–Crippen MR) is 121 cm³/mol. The van der Waals surface area contributed by atoms with Gasteiger partial charge < -0.3 is 15.2 Å². The molecule has 0 radical (unpaired) electrons. The van der Waals surface area contributed by atoms with Gasteiger partial charge in [0.15, 0.2) is 0 Å². The lowest BCUT2D eigenvalue weighted by Gasteiger charge is -2.24. The maximum atomic E-state index is 13.0. The molecule has 0 saturated carbocycles. The fourth-order valence-electron chi connectivity index (χ4n) is 3.73. The monoisotopic (exact) mass is 441 g/mol. The highest BCUT2D eigenvalue weighted by atomic mass is 32.1. The second-order valence-corrected chi connectivity index (χ2v) is 8.99. The topological polar surface area (TPSA) is 92.7 Å². The smallest absolute Gasteiger partial charge is 0.342 e. The van der Waals surface area contributed by atoms with Crippen LogP contribution in [-0.2, 0) is 14.3 Å². The van der Waals surface area contributed by atoms with E-state index in [2.05, 4.69) is 5.32 Å². The number of hydrogen-bond donors (Lipinski definition) is 2. The second-order valence-electron chi connectivity index (χ2n) is 8.11. The van der Waals surface area contributed by atoms with Crippen LogP contribution in [0.2, 0.25) is 0 Å². The highest BCUT2D eigenvalue weighted by molar-refractivity contribution is 7.15. The first-order chi connectivity index (χ1) is 14.7. The third-order valence-electron chi connectivity index (χ3n) is 5.34. The molecule has 164 valence electrons. The van der Waals surface area contributed by atoms with Crippen LogP contribution in [0.1, 0.15) is 48.2 Å². The predicted octanol–water partition coefficient (Wildman–Crippen LogP) is 5.20. The van der Waals surface area contributed by atoms with Gasteiger partial charge in [-0.25, -0.2) is 4.79 Å². The molecule has 7 heteroatoms. The Hall–Kier alpha value is -2.93. The van der Waals surface area contributed by atoms with Gasteiger partial charge in [0, 0.05) is 10.9 Å². The summed E-state index contributed by atoms with van der Waals surface area (Å²) in [6.07, 6.45) is 3.96. The van der Waals surface area contributed by atoms with Crippen molar-refractivity contribution in [3.05, 3.63) is 52.4 Å². The number of carbonyl (C=O) groups excluding carboxylic acids is 2. The van der Waals surface area contributed by atoms with E-state index in [9.17, 15) is 19.5 Å². The first-order valence-electron chi connectivity index (χ1n) is 10.3. The third-order valence-corrected chi connectivity index (χ3v) is 6.24. The van der Waals surface area contributed by atoms with Crippen LogP contribution in [-0.4, -0.2) is 29.1 Å². The number of rotatable bonds is 6. The highest BCUT2D eigenvalue weighted by Crippen LogP contribution is 2.39. The molecule has 1 aliphatic carbocycles. The Balaban J connectivity index is 2.00. The molecule has 0 bridgehead atoms. The Kier molecular flexibility index (Phi) is 6.95. The maximum absolute atomic E-state index is 13.0. The lowest BCUT2D eigenvalue weighted by atomic mass is 9.82. The molecule has 0 saturated heterocycles. The number of benzene rings is 1. The Labute approximate surface area is 185 Å². The first-order valence-corrected chi connectivity index (χ1v) is 11.2. The van der Waals surface area contributed by atoms with Crippen molar-refractivity contribution in [3.63, 3.8) is 0 Å². The summed E-state index contributed by atoms with van der Waals surface area (Å²) >= 11 is 1.24. The van der Waals surface area contributed by atoms with E-state index in [1.165, 1.54) is 11.3 Å². The van der Waals surface area contributed by atoms with Crippen LogP contribution < -0.4 is 5.32 Å².